The standard InChI is InChI=1S/C15H14ClFN2O/c16-11-2-3-13(17)12(8-11)15(19-18)10-1-4-14-9(7-10)5-6-20-14/h1-4,7-8,15,19H,5-6,18H2. The molecular weight excluding hydrogens is 279 g/mol. The minimum absolute atomic E-state index is 0.339. The van der Waals surface area contributed by atoms with Gasteiger partial charge in [0.2, 0.25) is 0 Å². The topological polar surface area (TPSA) is 47.3 Å². The van der Waals surface area contributed by atoms with Gasteiger partial charge in [-0.3, -0.25) is 5.84 Å². The molecule has 3 nitrogen and oxygen atoms in total. The van der Waals surface area contributed by atoms with Crippen molar-refractivity contribution in [1.29, 1.82) is 0 Å². The lowest BCUT2D eigenvalue weighted by Gasteiger charge is -2.18. The molecule has 2 aromatic carbocycles. The van der Waals surface area contributed by atoms with Gasteiger partial charge in [-0.05, 0) is 35.4 Å². The number of hydrazine groups is 1. The second-order valence-electron chi connectivity index (χ2n) is 4.73. The molecule has 1 aliphatic rings. The van der Waals surface area contributed by atoms with Crippen LogP contribution >= 0.6 is 11.6 Å². The molecule has 0 saturated carbocycles. The number of nitrogens with one attached hydrogen (secondary N) is 1. The number of benzene rings is 2. The summed E-state index contributed by atoms with van der Waals surface area (Å²) >= 11 is 5.94. The molecule has 0 radical (unpaired) electrons. The number of ether oxygens (including phenoxy) is 1. The van der Waals surface area contributed by atoms with E-state index in [9.17, 15) is 4.39 Å². The van der Waals surface area contributed by atoms with E-state index in [0.717, 1.165) is 23.3 Å². The molecule has 0 fully saturated rings. The largest absolute Gasteiger partial charge is 0.493 e. The second-order valence-corrected chi connectivity index (χ2v) is 5.17. The summed E-state index contributed by atoms with van der Waals surface area (Å²) in [5.41, 5.74) is 5.09. The summed E-state index contributed by atoms with van der Waals surface area (Å²) < 4.78 is 19.5. The molecule has 1 aliphatic heterocycles. The lowest BCUT2D eigenvalue weighted by atomic mass is 9.96. The number of fused-ring (bicyclic) bond motifs is 1. The summed E-state index contributed by atoms with van der Waals surface area (Å²) in [6, 6.07) is 9.78. The van der Waals surface area contributed by atoms with E-state index in [2.05, 4.69) is 5.43 Å². The van der Waals surface area contributed by atoms with E-state index in [1.54, 1.807) is 6.07 Å². The van der Waals surface area contributed by atoms with Crippen molar-refractivity contribution in [2.24, 2.45) is 5.84 Å². The second kappa shape index (κ2) is 5.40. The van der Waals surface area contributed by atoms with Crippen LogP contribution < -0.4 is 16.0 Å². The Balaban J connectivity index is 2.03. The minimum atomic E-state index is -0.445. The number of nitrogens with two attached hydrogens (primary N) is 1. The zero-order chi connectivity index (χ0) is 14.1. The van der Waals surface area contributed by atoms with Crippen LogP contribution in [-0.2, 0) is 6.42 Å². The molecule has 0 aromatic heterocycles. The highest BCUT2D eigenvalue weighted by Crippen LogP contribution is 2.31. The van der Waals surface area contributed by atoms with E-state index in [1.807, 2.05) is 18.2 Å². The molecule has 5 heteroatoms. The van der Waals surface area contributed by atoms with Crippen LogP contribution in [0.2, 0.25) is 5.02 Å². The molecule has 0 saturated heterocycles. The maximum atomic E-state index is 14.0. The average Bonchev–Trinajstić information content (AvgIpc) is 2.91. The maximum absolute atomic E-state index is 14.0. The van der Waals surface area contributed by atoms with E-state index in [1.165, 1.54) is 12.1 Å². The van der Waals surface area contributed by atoms with Gasteiger partial charge in [0.15, 0.2) is 0 Å². The molecule has 1 atom stereocenters. The monoisotopic (exact) mass is 292 g/mol. The van der Waals surface area contributed by atoms with Crippen molar-refractivity contribution in [3.05, 3.63) is 63.9 Å². The third kappa shape index (κ3) is 2.38. The molecule has 3 N–H and O–H groups in total. The quantitative estimate of drug-likeness (QED) is 0.675. The summed E-state index contributed by atoms with van der Waals surface area (Å²) in [5, 5.41) is 0.478. The van der Waals surface area contributed by atoms with Crippen molar-refractivity contribution < 1.29 is 9.13 Å². The van der Waals surface area contributed by atoms with Crippen LogP contribution in [0.15, 0.2) is 36.4 Å². The predicted octanol–water partition coefficient (Wildman–Crippen LogP) is 2.97. The minimum Gasteiger partial charge on any atom is -0.493 e. The average molecular weight is 293 g/mol. The Hall–Kier alpha value is -1.62. The van der Waals surface area contributed by atoms with Crippen LogP contribution in [-0.4, -0.2) is 6.61 Å². The maximum Gasteiger partial charge on any atom is 0.128 e. The van der Waals surface area contributed by atoms with Crippen molar-refractivity contribution in [3.63, 3.8) is 0 Å². The van der Waals surface area contributed by atoms with Crippen LogP contribution in [0.25, 0.3) is 0 Å². The van der Waals surface area contributed by atoms with Crippen molar-refractivity contribution >= 4 is 11.6 Å². The number of halogens is 2. The number of hydrogen-bond donors (Lipinski definition) is 2. The first-order valence-electron chi connectivity index (χ1n) is 6.36. The molecule has 104 valence electrons. The van der Waals surface area contributed by atoms with Crippen molar-refractivity contribution in [1.82, 2.24) is 5.43 Å². The first-order chi connectivity index (χ1) is 9.69. The van der Waals surface area contributed by atoms with Crippen LogP contribution in [0.5, 0.6) is 5.75 Å². The first-order valence-corrected chi connectivity index (χ1v) is 6.73. The van der Waals surface area contributed by atoms with Gasteiger partial charge in [0.25, 0.3) is 0 Å². The smallest absolute Gasteiger partial charge is 0.128 e. The molecule has 20 heavy (non-hydrogen) atoms. The zero-order valence-electron chi connectivity index (χ0n) is 10.7. The fourth-order valence-corrected chi connectivity index (χ4v) is 2.67. The van der Waals surface area contributed by atoms with E-state index >= 15 is 0 Å². The highest BCUT2D eigenvalue weighted by atomic mass is 35.5. The lowest BCUT2D eigenvalue weighted by molar-refractivity contribution is 0.357. The molecule has 3 rings (SSSR count). The Morgan fingerprint density at radius 3 is 2.90 bits per heavy atom. The van der Waals surface area contributed by atoms with Gasteiger partial charge in [0.1, 0.15) is 11.6 Å². The van der Waals surface area contributed by atoms with Crippen molar-refractivity contribution in [2.45, 2.75) is 12.5 Å². The molecule has 0 bridgehead atoms. The fourth-order valence-electron chi connectivity index (χ4n) is 2.49. The lowest BCUT2D eigenvalue weighted by Crippen LogP contribution is -2.29. The summed E-state index contributed by atoms with van der Waals surface area (Å²) in [6.07, 6.45) is 0.860. The Labute approximate surface area is 121 Å². The van der Waals surface area contributed by atoms with E-state index in [-0.39, 0.29) is 5.82 Å². The van der Waals surface area contributed by atoms with Gasteiger partial charge in [0, 0.05) is 17.0 Å². The van der Waals surface area contributed by atoms with E-state index in [0.29, 0.717) is 17.2 Å². The summed E-state index contributed by atoms with van der Waals surface area (Å²) in [6.45, 7) is 0.686. The summed E-state index contributed by atoms with van der Waals surface area (Å²) in [5.74, 6) is 6.16. The molecule has 0 amide bonds. The molecule has 1 unspecified atom stereocenters. The molecular formula is C15H14ClFN2O. The van der Waals surface area contributed by atoms with Crippen LogP contribution in [0.3, 0.4) is 0 Å². The molecule has 0 spiro atoms. The Morgan fingerprint density at radius 1 is 1.25 bits per heavy atom. The van der Waals surface area contributed by atoms with Gasteiger partial charge in [-0.2, -0.15) is 0 Å². The van der Waals surface area contributed by atoms with E-state index in [4.69, 9.17) is 22.2 Å². The molecule has 2 aromatic rings. The molecule has 1 heterocycles. The Kier molecular flexibility index (Phi) is 3.61. The van der Waals surface area contributed by atoms with Gasteiger partial charge in [0.05, 0.1) is 12.6 Å². The number of rotatable bonds is 3. The van der Waals surface area contributed by atoms with Crippen LogP contribution in [0, 0.1) is 5.82 Å². The summed E-state index contributed by atoms with van der Waals surface area (Å²) in [7, 11) is 0. The third-order valence-corrected chi connectivity index (χ3v) is 3.72. The normalized spacial score (nSPS) is 14.8. The highest BCUT2D eigenvalue weighted by molar-refractivity contribution is 6.30. The summed E-state index contributed by atoms with van der Waals surface area (Å²) in [4.78, 5) is 0. The zero-order valence-corrected chi connectivity index (χ0v) is 11.5. The SMILES string of the molecule is NNC(c1ccc2c(c1)CCO2)c1cc(Cl)ccc1F. The Morgan fingerprint density at radius 2 is 2.10 bits per heavy atom. The van der Waals surface area contributed by atoms with Crippen molar-refractivity contribution in [2.75, 3.05) is 6.61 Å². The Bertz CT molecular complexity index is 648. The van der Waals surface area contributed by atoms with Gasteiger partial charge in [-0.15, -0.1) is 0 Å². The first kappa shape index (κ1) is 13.4. The number of hydrogen-bond acceptors (Lipinski definition) is 3. The van der Waals surface area contributed by atoms with Gasteiger partial charge in [-0.1, -0.05) is 23.7 Å². The third-order valence-electron chi connectivity index (χ3n) is 3.48. The van der Waals surface area contributed by atoms with Crippen molar-refractivity contribution in [3.8, 4) is 5.75 Å². The fraction of sp³-hybridized carbons (Fsp3) is 0.200. The molecule has 0 aliphatic carbocycles. The highest BCUT2D eigenvalue weighted by Gasteiger charge is 2.20. The van der Waals surface area contributed by atoms with Crippen LogP contribution in [0.4, 0.5) is 4.39 Å². The van der Waals surface area contributed by atoms with E-state index < -0.39 is 6.04 Å². The van der Waals surface area contributed by atoms with Gasteiger partial charge < -0.3 is 4.74 Å². The van der Waals surface area contributed by atoms with Gasteiger partial charge >= 0.3 is 0 Å². The van der Waals surface area contributed by atoms with Crippen LogP contribution in [0.1, 0.15) is 22.7 Å². The van der Waals surface area contributed by atoms with Gasteiger partial charge in [-0.25, -0.2) is 9.82 Å². The predicted molar refractivity (Wildman–Crippen MR) is 76.2 cm³/mol.